The summed E-state index contributed by atoms with van der Waals surface area (Å²) < 4.78 is 11.1. The summed E-state index contributed by atoms with van der Waals surface area (Å²) in [6.07, 6.45) is 3.74. The maximum atomic E-state index is 12.5. The van der Waals surface area contributed by atoms with Crippen LogP contribution in [0.2, 0.25) is 0 Å². The maximum Gasteiger partial charge on any atom is 0.272 e. The molecule has 2 aliphatic heterocycles. The van der Waals surface area contributed by atoms with Crippen molar-refractivity contribution in [2.45, 2.75) is 19.4 Å². The van der Waals surface area contributed by atoms with E-state index < -0.39 is 0 Å². The van der Waals surface area contributed by atoms with Crippen LogP contribution in [0, 0.1) is 18.8 Å². The van der Waals surface area contributed by atoms with Gasteiger partial charge in [-0.25, -0.2) is 9.97 Å². The average molecular weight is 315 g/mol. The van der Waals surface area contributed by atoms with Crippen molar-refractivity contribution < 1.29 is 14.1 Å². The number of aromatic nitrogens is 4. The van der Waals surface area contributed by atoms with E-state index >= 15 is 0 Å². The Hall–Kier alpha value is -2.35. The first-order valence-corrected chi connectivity index (χ1v) is 7.67. The first-order chi connectivity index (χ1) is 11.2. The van der Waals surface area contributed by atoms with Crippen LogP contribution in [0.25, 0.3) is 0 Å². The Kier molecular flexibility index (Phi) is 3.53. The summed E-state index contributed by atoms with van der Waals surface area (Å²) in [5, 5.41) is 3.82. The van der Waals surface area contributed by atoms with Crippen LogP contribution in [0.1, 0.15) is 22.2 Å². The average Bonchev–Trinajstić information content (AvgIpc) is 3.25. The lowest BCUT2D eigenvalue weighted by Gasteiger charge is -2.18. The highest BCUT2D eigenvalue weighted by Crippen LogP contribution is 2.35. The second-order valence-electron chi connectivity index (χ2n) is 6.04. The van der Waals surface area contributed by atoms with Gasteiger partial charge in [0.25, 0.3) is 5.91 Å². The molecule has 2 aromatic rings. The van der Waals surface area contributed by atoms with Crippen molar-refractivity contribution in [3.63, 3.8) is 0 Å². The Morgan fingerprint density at radius 2 is 2.35 bits per heavy atom. The van der Waals surface area contributed by atoms with E-state index in [4.69, 9.17) is 9.26 Å². The van der Waals surface area contributed by atoms with Gasteiger partial charge >= 0.3 is 0 Å². The zero-order valence-corrected chi connectivity index (χ0v) is 12.8. The van der Waals surface area contributed by atoms with E-state index in [1.165, 1.54) is 6.33 Å². The molecule has 0 unspecified atom stereocenters. The third-order valence-corrected chi connectivity index (χ3v) is 4.53. The fourth-order valence-electron chi connectivity index (χ4n) is 3.40. The molecule has 23 heavy (non-hydrogen) atoms. The normalized spacial score (nSPS) is 26.5. The monoisotopic (exact) mass is 315 g/mol. The number of likely N-dealkylation sites (tertiary alicyclic amines) is 1. The van der Waals surface area contributed by atoms with E-state index in [-0.39, 0.29) is 12.0 Å². The summed E-state index contributed by atoms with van der Waals surface area (Å²) in [5.41, 5.74) is 0.420. The van der Waals surface area contributed by atoms with Crippen molar-refractivity contribution in [2.24, 2.45) is 11.8 Å². The number of rotatable bonds is 3. The minimum atomic E-state index is -0.0715. The number of nitrogens with zero attached hydrogens (tertiary/aromatic N) is 5. The molecule has 8 nitrogen and oxygen atoms in total. The van der Waals surface area contributed by atoms with Gasteiger partial charge in [0.1, 0.15) is 12.0 Å². The molecule has 2 aliphatic rings. The number of ether oxygens (including phenoxy) is 1. The van der Waals surface area contributed by atoms with Gasteiger partial charge in [-0.2, -0.15) is 4.98 Å². The molecule has 120 valence electrons. The van der Waals surface area contributed by atoms with Gasteiger partial charge in [0.05, 0.1) is 12.7 Å². The Bertz CT molecular complexity index is 704. The largest absolute Gasteiger partial charge is 0.376 e. The minimum Gasteiger partial charge on any atom is -0.376 e. The van der Waals surface area contributed by atoms with Crippen molar-refractivity contribution in [1.29, 1.82) is 0 Å². The number of carbonyl (C=O) groups is 1. The van der Waals surface area contributed by atoms with E-state index in [0.717, 1.165) is 0 Å². The van der Waals surface area contributed by atoms with Crippen molar-refractivity contribution in [1.82, 2.24) is 25.0 Å². The summed E-state index contributed by atoms with van der Waals surface area (Å²) in [6.45, 7) is 3.75. The molecule has 3 atom stereocenters. The highest BCUT2D eigenvalue weighted by molar-refractivity contribution is 5.92. The van der Waals surface area contributed by atoms with Gasteiger partial charge in [0, 0.05) is 31.6 Å². The standard InChI is InChI=1S/C15H17N5O3/c1-9-18-14(23-19-9)4-10-7-22-13-6-20(5-11(10)13)15(21)12-2-3-16-8-17-12/h2-3,8,10-11,13H,4-7H2,1H3/t10-,11-,13-/m1/s1. The van der Waals surface area contributed by atoms with Crippen LogP contribution < -0.4 is 0 Å². The molecule has 0 aromatic carbocycles. The number of amides is 1. The molecular formula is C15H17N5O3. The Labute approximate surface area is 132 Å². The highest BCUT2D eigenvalue weighted by Gasteiger charge is 2.45. The van der Waals surface area contributed by atoms with E-state index in [1.807, 2.05) is 4.90 Å². The lowest BCUT2D eigenvalue weighted by Crippen LogP contribution is -2.32. The quantitative estimate of drug-likeness (QED) is 0.814. The zero-order chi connectivity index (χ0) is 15.8. The zero-order valence-electron chi connectivity index (χ0n) is 12.8. The number of fused-ring (bicyclic) bond motifs is 1. The van der Waals surface area contributed by atoms with Crippen LogP contribution in [0.15, 0.2) is 23.1 Å². The lowest BCUT2D eigenvalue weighted by molar-refractivity contribution is 0.0671. The molecule has 0 radical (unpaired) electrons. The molecule has 8 heteroatoms. The van der Waals surface area contributed by atoms with Gasteiger partial charge < -0.3 is 14.2 Å². The Morgan fingerprint density at radius 1 is 1.43 bits per heavy atom. The number of hydrogen-bond donors (Lipinski definition) is 0. The molecular weight excluding hydrogens is 298 g/mol. The Morgan fingerprint density at radius 3 is 3.09 bits per heavy atom. The van der Waals surface area contributed by atoms with Crippen LogP contribution in [-0.4, -0.2) is 56.7 Å². The van der Waals surface area contributed by atoms with Crippen LogP contribution in [0.4, 0.5) is 0 Å². The summed E-state index contributed by atoms with van der Waals surface area (Å²) in [5.74, 6) is 1.80. The van der Waals surface area contributed by atoms with Crippen molar-refractivity contribution in [3.05, 3.63) is 36.0 Å². The molecule has 1 amide bonds. The van der Waals surface area contributed by atoms with Gasteiger partial charge in [-0.15, -0.1) is 0 Å². The second-order valence-corrected chi connectivity index (χ2v) is 6.04. The number of aryl methyl sites for hydroxylation is 1. The van der Waals surface area contributed by atoms with Crippen molar-refractivity contribution >= 4 is 5.91 Å². The van der Waals surface area contributed by atoms with Gasteiger partial charge in [-0.3, -0.25) is 4.79 Å². The molecule has 4 rings (SSSR count). The third-order valence-electron chi connectivity index (χ3n) is 4.53. The molecule has 0 bridgehead atoms. The summed E-state index contributed by atoms with van der Waals surface area (Å²) in [4.78, 5) is 26.4. The maximum absolute atomic E-state index is 12.5. The second kappa shape index (κ2) is 5.69. The summed E-state index contributed by atoms with van der Waals surface area (Å²) >= 11 is 0. The minimum absolute atomic E-state index is 0.0715. The van der Waals surface area contributed by atoms with Gasteiger partial charge in [-0.1, -0.05) is 5.16 Å². The fraction of sp³-hybridized carbons (Fsp3) is 0.533. The van der Waals surface area contributed by atoms with E-state index in [2.05, 4.69) is 20.1 Å². The van der Waals surface area contributed by atoms with Gasteiger partial charge in [-0.05, 0) is 18.9 Å². The molecule has 2 aromatic heterocycles. The van der Waals surface area contributed by atoms with E-state index in [1.54, 1.807) is 19.2 Å². The molecule has 0 saturated carbocycles. The summed E-state index contributed by atoms with van der Waals surface area (Å²) in [7, 11) is 0. The first kappa shape index (κ1) is 14.3. The molecule has 0 spiro atoms. The topological polar surface area (TPSA) is 94.2 Å². The van der Waals surface area contributed by atoms with Crippen LogP contribution >= 0.6 is 0 Å². The molecule has 0 aliphatic carbocycles. The lowest BCUT2D eigenvalue weighted by atomic mass is 9.90. The van der Waals surface area contributed by atoms with E-state index in [9.17, 15) is 4.79 Å². The predicted molar refractivity (Wildman–Crippen MR) is 77.4 cm³/mol. The molecule has 0 N–H and O–H groups in total. The third kappa shape index (κ3) is 2.70. The van der Waals surface area contributed by atoms with Crippen molar-refractivity contribution in [3.8, 4) is 0 Å². The van der Waals surface area contributed by atoms with Crippen molar-refractivity contribution in [2.75, 3.05) is 19.7 Å². The van der Waals surface area contributed by atoms with Crippen LogP contribution in [-0.2, 0) is 11.2 Å². The molecule has 2 saturated heterocycles. The Balaban J connectivity index is 1.44. The fourth-order valence-corrected chi connectivity index (χ4v) is 3.40. The predicted octanol–water partition coefficient (Wildman–Crippen LogP) is 0.498. The molecule has 4 heterocycles. The first-order valence-electron chi connectivity index (χ1n) is 7.67. The SMILES string of the molecule is Cc1noc(C[C@@H]2CO[C@@H]3CN(C(=O)c4ccncn4)C[C@H]23)n1. The highest BCUT2D eigenvalue weighted by atomic mass is 16.5. The van der Waals surface area contributed by atoms with Crippen LogP contribution in [0.3, 0.4) is 0 Å². The van der Waals surface area contributed by atoms with Gasteiger partial charge in [0.2, 0.25) is 5.89 Å². The molecule has 2 fully saturated rings. The van der Waals surface area contributed by atoms with Crippen LogP contribution in [0.5, 0.6) is 0 Å². The van der Waals surface area contributed by atoms with Gasteiger partial charge in [0.15, 0.2) is 5.82 Å². The van der Waals surface area contributed by atoms with E-state index in [0.29, 0.717) is 55.4 Å². The number of carbonyl (C=O) groups excluding carboxylic acids is 1. The summed E-state index contributed by atoms with van der Waals surface area (Å²) in [6, 6.07) is 1.63. The smallest absolute Gasteiger partial charge is 0.272 e. The number of hydrogen-bond acceptors (Lipinski definition) is 7.